The van der Waals surface area contributed by atoms with E-state index in [9.17, 15) is 4.79 Å². The van der Waals surface area contributed by atoms with Crippen molar-refractivity contribution < 1.29 is 38.0 Å². The monoisotopic (exact) mass is 438 g/mol. The van der Waals surface area contributed by atoms with E-state index >= 15 is 0 Å². The lowest BCUT2D eigenvalue weighted by Gasteiger charge is -2.42. The third-order valence-corrected chi connectivity index (χ3v) is 4.49. The first-order chi connectivity index (χ1) is 10.0. The molecule has 22 heavy (non-hydrogen) atoms. The van der Waals surface area contributed by atoms with Crippen molar-refractivity contribution in [2.45, 2.75) is 13.3 Å². The molecule has 0 spiro atoms. The van der Waals surface area contributed by atoms with E-state index in [0.29, 0.717) is 13.0 Å². The highest BCUT2D eigenvalue weighted by Crippen LogP contribution is 2.27. The number of nitrogens with zero attached hydrogens (tertiary/aromatic N) is 2. The smallest absolute Gasteiger partial charge is 0.311 e. The molecule has 0 amide bonds. The number of likely N-dealkylation sites (N-methyl/N-ethyl adjacent to an activating group) is 1. The molecule has 1 aromatic carbocycles. The Kier molecular flexibility index (Phi) is 7.93. The van der Waals surface area contributed by atoms with E-state index in [1.54, 1.807) is 0 Å². The Bertz CT molecular complexity index is 491. The second kappa shape index (κ2) is 8.93. The predicted molar refractivity (Wildman–Crippen MR) is 85.7 cm³/mol. The highest BCUT2D eigenvalue weighted by molar-refractivity contribution is 6.33. The summed E-state index contributed by atoms with van der Waals surface area (Å²) >= 11 is 6.26. The number of rotatable bonds is 5. The molecule has 1 saturated heterocycles. The molecule has 124 valence electrons. The van der Waals surface area contributed by atoms with Crippen LogP contribution >= 0.6 is 11.6 Å². The summed E-state index contributed by atoms with van der Waals surface area (Å²) in [4.78, 5) is 13.8. The van der Waals surface area contributed by atoms with Gasteiger partial charge in [0.1, 0.15) is 0 Å². The van der Waals surface area contributed by atoms with Crippen LogP contribution in [0, 0.1) is 0 Å². The van der Waals surface area contributed by atoms with Crippen molar-refractivity contribution in [3.63, 3.8) is 0 Å². The number of benzene rings is 1. The molecule has 0 atom stereocenters. The minimum Gasteiger partial charge on any atom is -1.00 e. The van der Waals surface area contributed by atoms with Crippen LogP contribution in [0.2, 0.25) is 5.02 Å². The molecule has 1 aliphatic heterocycles. The molecule has 6 heteroatoms. The third kappa shape index (κ3) is 5.28. The zero-order valence-electron chi connectivity index (χ0n) is 13.2. The number of para-hydroxylation sites is 1. The number of anilines is 1. The Morgan fingerprint density at radius 2 is 1.95 bits per heavy atom. The lowest BCUT2D eigenvalue weighted by atomic mass is 10.2. The van der Waals surface area contributed by atoms with Gasteiger partial charge < -0.3 is 38.1 Å². The van der Waals surface area contributed by atoms with Crippen LogP contribution in [0.3, 0.4) is 0 Å². The number of ether oxygens (including phenoxy) is 1. The van der Waals surface area contributed by atoms with Crippen LogP contribution in [0.15, 0.2) is 24.3 Å². The van der Waals surface area contributed by atoms with Crippen molar-refractivity contribution in [1.82, 2.24) is 0 Å². The normalized spacial score (nSPS) is 16.8. The lowest BCUT2D eigenvalue weighted by molar-refractivity contribution is -0.909. The van der Waals surface area contributed by atoms with Crippen molar-refractivity contribution in [3.8, 4) is 0 Å². The fraction of sp³-hybridized carbons (Fsp3) is 0.562. The van der Waals surface area contributed by atoms with Gasteiger partial charge in [-0.1, -0.05) is 23.7 Å². The van der Waals surface area contributed by atoms with E-state index in [4.69, 9.17) is 16.3 Å². The minimum atomic E-state index is -0.0922. The SMILES string of the molecule is CCOC(=O)CC[N+]1(C)CCN(c2ccccc2Cl)CC1.[I-]. The molecule has 1 aliphatic rings. The average molecular weight is 439 g/mol. The van der Waals surface area contributed by atoms with Crippen LogP contribution in [0.1, 0.15) is 13.3 Å². The number of hydrogen-bond donors (Lipinski definition) is 0. The number of halogens is 2. The maximum Gasteiger partial charge on any atom is 0.311 e. The van der Waals surface area contributed by atoms with Gasteiger partial charge in [0.25, 0.3) is 0 Å². The highest BCUT2D eigenvalue weighted by Gasteiger charge is 2.29. The van der Waals surface area contributed by atoms with Crippen molar-refractivity contribution in [2.24, 2.45) is 0 Å². The van der Waals surface area contributed by atoms with Crippen molar-refractivity contribution in [2.75, 3.05) is 51.3 Å². The number of hydrogen-bond acceptors (Lipinski definition) is 3. The van der Waals surface area contributed by atoms with Gasteiger partial charge in [0, 0.05) is 0 Å². The van der Waals surface area contributed by atoms with E-state index in [1.807, 2.05) is 25.1 Å². The zero-order chi connectivity index (χ0) is 15.3. The fourth-order valence-corrected chi connectivity index (χ4v) is 2.97. The number of esters is 1. The van der Waals surface area contributed by atoms with Gasteiger partial charge >= 0.3 is 5.97 Å². The summed E-state index contributed by atoms with van der Waals surface area (Å²) < 4.78 is 5.92. The Balaban J connectivity index is 0.00000242. The Hall–Kier alpha value is -0.530. The third-order valence-electron chi connectivity index (χ3n) is 4.17. The van der Waals surface area contributed by atoms with Crippen LogP contribution in [0.5, 0.6) is 0 Å². The lowest BCUT2D eigenvalue weighted by Crippen LogP contribution is -3.00. The minimum absolute atomic E-state index is 0. The van der Waals surface area contributed by atoms with Crippen LogP contribution in [-0.4, -0.2) is 56.8 Å². The topological polar surface area (TPSA) is 29.5 Å². The van der Waals surface area contributed by atoms with Gasteiger partial charge in [0.05, 0.1) is 63.5 Å². The molecule has 0 radical (unpaired) electrons. The standard InChI is InChI=1S/C16H24ClN2O2.HI/c1-3-21-16(20)8-11-19(2)12-9-18(10-13-19)15-7-5-4-6-14(15)17;/h4-7H,3,8-13H2,1-2H3;1H/q+1;/p-1. The van der Waals surface area contributed by atoms with Gasteiger partial charge in [-0.05, 0) is 19.1 Å². The first-order valence-electron chi connectivity index (χ1n) is 7.53. The zero-order valence-corrected chi connectivity index (χ0v) is 16.1. The first kappa shape index (κ1) is 19.5. The molecule has 0 N–H and O–H groups in total. The number of carbonyl (C=O) groups excluding carboxylic acids is 1. The second-order valence-electron chi connectivity index (χ2n) is 5.78. The maximum atomic E-state index is 11.5. The number of piperazine rings is 1. The van der Waals surface area contributed by atoms with E-state index < -0.39 is 0 Å². The van der Waals surface area contributed by atoms with E-state index in [1.165, 1.54) is 0 Å². The molecule has 0 saturated carbocycles. The Morgan fingerprint density at radius 3 is 2.55 bits per heavy atom. The van der Waals surface area contributed by atoms with Gasteiger partial charge in [-0.2, -0.15) is 0 Å². The molecule has 1 aromatic rings. The molecule has 0 bridgehead atoms. The molecule has 4 nitrogen and oxygen atoms in total. The fourth-order valence-electron chi connectivity index (χ4n) is 2.71. The van der Waals surface area contributed by atoms with Crippen molar-refractivity contribution >= 4 is 23.3 Å². The highest BCUT2D eigenvalue weighted by atomic mass is 127. The predicted octanol–water partition coefficient (Wildman–Crippen LogP) is -0.436. The molecular weight excluding hydrogens is 415 g/mol. The van der Waals surface area contributed by atoms with Crippen molar-refractivity contribution in [3.05, 3.63) is 29.3 Å². The Labute approximate surface area is 155 Å². The summed E-state index contributed by atoms with van der Waals surface area (Å²) in [7, 11) is 2.21. The average Bonchev–Trinajstić information content (AvgIpc) is 2.47. The van der Waals surface area contributed by atoms with Gasteiger partial charge in [0.15, 0.2) is 0 Å². The number of quaternary nitrogens is 1. The van der Waals surface area contributed by atoms with Crippen LogP contribution in [-0.2, 0) is 9.53 Å². The quantitative estimate of drug-likeness (QED) is 0.355. The number of carbonyl (C=O) groups is 1. The maximum absolute atomic E-state index is 11.5. The van der Waals surface area contributed by atoms with E-state index in [-0.39, 0.29) is 29.9 Å². The van der Waals surface area contributed by atoms with E-state index in [0.717, 1.165) is 47.9 Å². The molecule has 1 fully saturated rings. The Morgan fingerprint density at radius 1 is 1.32 bits per heavy atom. The molecule has 0 aliphatic carbocycles. The van der Waals surface area contributed by atoms with Crippen molar-refractivity contribution in [1.29, 1.82) is 0 Å². The van der Waals surface area contributed by atoms with Gasteiger partial charge in [-0.25, -0.2) is 0 Å². The van der Waals surface area contributed by atoms with E-state index in [2.05, 4.69) is 18.0 Å². The van der Waals surface area contributed by atoms with Crippen LogP contribution in [0.25, 0.3) is 0 Å². The molecular formula is C16H24ClIN2O2. The van der Waals surface area contributed by atoms with Gasteiger partial charge in [-0.15, -0.1) is 0 Å². The van der Waals surface area contributed by atoms with Gasteiger partial charge in [-0.3, -0.25) is 4.79 Å². The summed E-state index contributed by atoms with van der Waals surface area (Å²) in [6.07, 6.45) is 0.496. The summed E-state index contributed by atoms with van der Waals surface area (Å²) in [5.41, 5.74) is 1.11. The van der Waals surface area contributed by atoms with Crippen LogP contribution < -0.4 is 28.9 Å². The van der Waals surface area contributed by atoms with Gasteiger partial charge in [0.2, 0.25) is 0 Å². The summed E-state index contributed by atoms with van der Waals surface area (Å²) in [6.45, 7) is 7.11. The molecule has 0 aromatic heterocycles. The molecule has 2 rings (SSSR count). The second-order valence-corrected chi connectivity index (χ2v) is 6.19. The van der Waals surface area contributed by atoms with Crippen LogP contribution in [0.4, 0.5) is 5.69 Å². The molecule has 1 heterocycles. The summed E-state index contributed by atoms with van der Waals surface area (Å²) in [5, 5.41) is 0.806. The summed E-state index contributed by atoms with van der Waals surface area (Å²) in [6, 6.07) is 7.97. The molecule has 0 unspecified atom stereocenters. The first-order valence-corrected chi connectivity index (χ1v) is 7.90. The largest absolute Gasteiger partial charge is 1.00 e. The summed E-state index contributed by atoms with van der Waals surface area (Å²) in [5.74, 6) is -0.0922.